The Bertz CT molecular complexity index is 578. The lowest BCUT2D eigenvalue weighted by Crippen LogP contribution is -2.15. The van der Waals surface area contributed by atoms with Gasteiger partial charge in [0.15, 0.2) is 6.29 Å². The first-order chi connectivity index (χ1) is 9.19. The summed E-state index contributed by atoms with van der Waals surface area (Å²) in [6, 6.07) is 7.01. The smallest absolute Gasteiger partial charge is 0.227 e. The molecule has 0 aliphatic rings. The van der Waals surface area contributed by atoms with Crippen LogP contribution in [0.3, 0.4) is 0 Å². The van der Waals surface area contributed by atoms with E-state index in [0.29, 0.717) is 18.1 Å². The lowest BCUT2D eigenvalue weighted by atomic mass is 10.3. The number of nitrogens with zero attached hydrogens (tertiary/aromatic N) is 2. The first-order valence-electron chi connectivity index (χ1n) is 5.71. The van der Waals surface area contributed by atoms with Crippen molar-refractivity contribution >= 4 is 33.9 Å². The quantitative estimate of drug-likeness (QED) is 0.860. The molecule has 19 heavy (non-hydrogen) atoms. The van der Waals surface area contributed by atoms with E-state index < -0.39 is 0 Å². The van der Waals surface area contributed by atoms with E-state index in [-0.39, 0.29) is 12.3 Å². The van der Waals surface area contributed by atoms with Crippen LogP contribution < -0.4 is 5.32 Å². The van der Waals surface area contributed by atoms with Gasteiger partial charge in [-0.05, 0) is 40.2 Å². The molecule has 2 rings (SSSR count). The van der Waals surface area contributed by atoms with Gasteiger partial charge in [-0.15, -0.1) is 0 Å². The minimum absolute atomic E-state index is 0.139. The van der Waals surface area contributed by atoms with Crippen LogP contribution in [-0.4, -0.2) is 21.7 Å². The topological polar surface area (TPSA) is 64.0 Å². The summed E-state index contributed by atoms with van der Waals surface area (Å²) in [7, 11) is 0. The summed E-state index contributed by atoms with van der Waals surface area (Å²) >= 11 is 3.27. The zero-order chi connectivity index (χ0) is 13.7. The fourth-order valence-electron chi connectivity index (χ4n) is 1.62. The summed E-state index contributed by atoms with van der Waals surface area (Å²) in [5, 5.41) is 2.70. The number of aryl methyl sites for hydroxylation is 1. The summed E-state index contributed by atoms with van der Waals surface area (Å²) in [4.78, 5) is 26.5. The molecule has 0 unspecified atom stereocenters. The summed E-state index contributed by atoms with van der Waals surface area (Å²) in [6.45, 7) is 0.462. The molecule has 2 heterocycles. The van der Waals surface area contributed by atoms with Gasteiger partial charge >= 0.3 is 0 Å². The number of amides is 1. The Hall–Kier alpha value is -1.95. The SMILES string of the molecule is O=Cc1cccn1CCC(=O)Nc1ccc(Br)cn1. The van der Waals surface area contributed by atoms with Gasteiger partial charge in [0.05, 0.1) is 5.69 Å². The third kappa shape index (κ3) is 3.75. The number of halogens is 1. The molecular weight excluding hydrogens is 310 g/mol. The van der Waals surface area contributed by atoms with Crippen molar-refractivity contribution in [2.24, 2.45) is 0 Å². The van der Waals surface area contributed by atoms with Gasteiger partial charge in [0.1, 0.15) is 5.82 Å². The number of aldehydes is 1. The molecule has 0 bridgehead atoms. The Morgan fingerprint density at radius 1 is 1.42 bits per heavy atom. The molecule has 0 atom stereocenters. The van der Waals surface area contributed by atoms with Crippen LogP contribution >= 0.6 is 15.9 Å². The molecule has 1 amide bonds. The Morgan fingerprint density at radius 3 is 2.95 bits per heavy atom. The van der Waals surface area contributed by atoms with Crippen molar-refractivity contribution in [1.82, 2.24) is 9.55 Å². The maximum absolute atomic E-state index is 11.7. The molecule has 0 saturated carbocycles. The van der Waals surface area contributed by atoms with E-state index in [1.807, 2.05) is 0 Å². The largest absolute Gasteiger partial charge is 0.345 e. The predicted octanol–water partition coefficient (Wildman–Crippen LogP) is 2.49. The second-order valence-corrected chi connectivity index (χ2v) is 4.82. The number of nitrogens with one attached hydrogen (secondary N) is 1. The van der Waals surface area contributed by atoms with Crippen molar-refractivity contribution < 1.29 is 9.59 Å². The highest BCUT2D eigenvalue weighted by molar-refractivity contribution is 9.10. The maximum Gasteiger partial charge on any atom is 0.227 e. The van der Waals surface area contributed by atoms with Gasteiger partial charge in [-0.2, -0.15) is 0 Å². The van der Waals surface area contributed by atoms with Gasteiger partial charge in [-0.3, -0.25) is 9.59 Å². The molecule has 98 valence electrons. The van der Waals surface area contributed by atoms with Crippen LogP contribution in [0.4, 0.5) is 5.82 Å². The van der Waals surface area contributed by atoms with Crippen LogP contribution in [0.2, 0.25) is 0 Å². The highest BCUT2D eigenvalue weighted by Crippen LogP contribution is 2.10. The average molecular weight is 322 g/mol. The van der Waals surface area contributed by atoms with Crippen LogP contribution in [0.5, 0.6) is 0 Å². The van der Waals surface area contributed by atoms with E-state index in [9.17, 15) is 9.59 Å². The monoisotopic (exact) mass is 321 g/mol. The molecule has 5 nitrogen and oxygen atoms in total. The summed E-state index contributed by atoms with van der Waals surface area (Å²) in [5.41, 5.74) is 0.564. The second kappa shape index (κ2) is 6.29. The molecular formula is C13H12BrN3O2. The number of pyridine rings is 1. The van der Waals surface area contributed by atoms with Crippen LogP contribution in [0, 0.1) is 0 Å². The van der Waals surface area contributed by atoms with Crippen molar-refractivity contribution in [3.63, 3.8) is 0 Å². The van der Waals surface area contributed by atoms with Gasteiger partial charge in [-0.1, -0.05) is 0 Å². The summed E-state index contributed by atoms with van der Waals surface area (Å²) < 4.78 is 2.59. The maximum atomic E-state index is 11.7. The minimum Gasteiger partial charge on any atom is -0.345 e. The van der Waals surface area contributed by atoms with Crippen molar-refractivity contribution in [1.29, 1.82) is 0 Å². The third-order valence-electron chi connectivity index (χ3n) is 2.56. The van der Waals surface area contributed by atoms with E-state index in [2.05, 4.69) is 26.2 Å². The van der Waals surface area contributed by atoms with Crippen LogP contribution in [0.15, 0.2) is 41.1 Å². The Balaban J connectivity index is 1.88. The highest BCUT2D eigenvalue weighted by Gasteiger charge is 2.05. The van der Waals surface area contributed by atoms with Gasteiger partial charge in [0.25, 0.3) is 0 Å². The van der Waals surface area contributed by atoms with Gasteiger partial charge in [0, 0.05) is 29.8 Å². The highest BCUT2D eigenvalue weighted by atomic mass is 79.9. The zero-order valence-corrected chi connectivity index (χ0v) is 11.6. The lowest BCUT2D eigenvalue weighted by molar-refractivity contribution is -0.116. The number of hydrogen-bond acceptors (Lipinski definition) is 3. The number of aromatic nitrogens is 2. The Labute approximate surface area is 118 Å². The summed E-state index contributed by atoms with van der Waals surface area (Å²) in [5.74, 6) is 0.372. The van der Waals surface area contributed by atoms with Crippen LogP contribution in [0.1, 0.15) is 16.9 Å². The number of hydrogen-bond donors (Lipinski definition) is 1. The number of carbonyl (C=O) groups excluding carboxylic acids is 2. The van der Waals surface area contributed by atoms with E-state index >= 15 is 0 Å². The molecule has 1 N–H and O–H groups in total. The van der Waals surface area contributed by atoms with Crippen molar-refractivity contribution in [3.05, 3.63) is 46.8 Å². The Morgan fingerprint density at radius 2 is 2.26 bits per heavy atom. The number of carbonyl (C=O) groups is 2. The van der Waals surface area contributed by atoms with Crippen molar-refractivity contribution in [2.75, 3.05) is 5.32 Å². The van der Waals surface area contributed by atoms with E-state index in [1.54, 1.807) is 41.2 Å². The molecule has 0 fully saturated rings. The molecule has 0 saturated heterocycles. The van der Waals surface area contributed by atoms with Crippen LogP contribution in [-0.2, 0) is 11.3 Å². The molecule has 2 aromatic rings. The standard InChI is InChI=1S/C13H12BrN3O2/c14-10-3-4-12(15-8-10)16-13(19)5-7-17-6-1-2-11(17)9-18/h1-4,6,8-9H,5,7H2,(H,15,16,19). The van der Waals surface area contributed by atoms with E-state index in [1.165, 1.54) is 0 Å². The van der Waals surface area contributed by atoms with E-state index in [0.717, 1.165) is 10.8 Å². The van der Waals surface area contributed by atoms with E-state index in [4.69, 9.17) is 0 Å². The first kappa shape index (κ1) is 13.5. The average Bonchev–Trinajstić information content (AvgIpc) is 2.86. The molecule has 6 heteroatoms. The fourth-order valence-corrected chi connectivity index (χ4v) is 1.85. The minimum atomic E-state index is -0.139. The third-order valence-corrected chi connectivity index (χ3v) is 3.03. The predicted molar refractivity (Wildman–Crippen MR) is 75.0 cm³/mol. The van der Waals surface area contributed by atoms with Gasteiger partial charge in [0.2, 0.25) is 5.91 Å². The number of rotatable bonds is 5. The van der Waals surface area contributed by atoms with Crippen LogP contribution in [0.25, 0.3) is 0 Å². The molecule has 2 aromatic heterocycles. The van der Waals surface area contributed by atoms with Crippen molar-refractivity contribution in [2.45, 2.75) is 13.0 Å². The lowest BCUT2D eigenvalue weighted by Gasteiger charge is -2.06. The zero-order valence-electron chi connectivity index (χ0n) is 10.0. The van der Waals surface area contributed by atoms with Gasteiger partial charge in [-0.25, -0.2) is 4.98 Å². The summed E-state index contributed by atoms with van der Waals surface area (Å²) in [6.07, 6.45) is 4.45. The second-order valence-electron chi connectivity index (χ2n) is 3.90. The normalized spacial score (nSPS) is 10.2. The Kier molecular flexibility index (Phi) is 4.46. The molecule has 0 aromatic carbocycles. The molecule has 0 aliphatic carbocycles. The number of anilines is 1. The molecule has 0 radical (unpaired) electrons. The first-order valence-corrected chi connectivity index (χ1v) is 6.50. The fraction of sp³-hybridized carbons (Fsp3) is 0.154. The molecule has 0 spiro atoms. The molecule has 0 aliphatic heterocycles. The van der Waals surface area contributed by atoms with Crippen molar-refractivity contribution in [3.8, 4) is 0 Å². The van der Waals surface area contributed by atoms with Gasteiger partial charge < -0.3 is 9.88 Å².